The lowest BCUT2D eigenvalue weighted by molar-refractivity contribution is -0.176. The summed E-state index contributed by atoms with van der Waals surface area (Å²) in [4.78, 5) is 16.6. The number of alkyl halides is 3. The van der Waals surface area contributed by atoms with Crippen LogP contribution in [0.15, 0.2) is 48.5 Å². The number of H-pyrrole nitrogens is 1. The first kappa shape index (κ1) is 19.6. The second kappa shape index (κ2) is 8.22. The van der Waals surface area contributed by atoms with Crippen LogP contribution in [0.3, 0.4) is 0 Å². The molecule has 0 fully saturated rings. The number of benzene rings is 2. The van der Waals surface area contributed by atoms with Crippen molar-refractivity contribution in [1.29, 1.82) is 0 Å². The molecule has 0 atom stereocenters. The van der Waals surface area contributed by atoms with Gasteiger partial charge in [-0.25, -0.2) is 4.98 Å². The molecule has 0 aliphatic rings. The van der Waals surface area contributed by atoms with Gasteiger partial charge in [0.1, 0.15) is 12.4 Å². The molecule has 0 saturated heterocycles. The first-order valence-electron chi connectivity index (χ1n) is 8.34. The van der Waals surface area contributed by atoms with Crippen LogP contribution in [0.25, 0.3) is 11.4 Å². The number of hydrogen-bond donors (Lipinski definition) is 2. The molecule has 3 aromatic rings. The van der Waals surface area contributed by atoms with Gasteiger partial charge in [-0.3, -0.25) is 9.89 Å². The van der Waals surface area contributed by atoms with Crippen LogP contribution in [0.2, 0.25) is 0 Å². The molecule has 0 aliphatic heterocycles. The Morgan fingerprint density at radius 1 is 1.18 bits per heavy atom. The van der Waals surface area contributed by atoms with Crippen molar-refractivity contribution in [3.63, 3.8) is 0 Å². The number of hydrogen-bond acceptors (Lipinski definition) is 4. The van der Waals surface area contributed by atoms with Crippen LogP contribution in [0, 0.1) is 6.92 Å². The Morgan fingerprint density at radius 2 is 1.93 bits per heavy atom. The Balaban J connectivity index is 1.62. The van der Waals surface area contributed by atoms with Crippen LogP contribution in [0.1, 0.15) is 21.7 Å². The monoisotopic (exact) mass is 390 g/mol. The summed E-state index contributed by atoms with van der Waals surface area (Å²) in [5.74, 6) is 0.867. The average molecular weight is 390 g/mol. The molecule has 1 aromatic heterocycles. The summed E-state index contributed by atoms with van der Waals surface area (Å²) >= 11 is 0. The van der Waals surface area contributed by atoms with Gasteiger partial charge in [0.05, 0.1) is 6.61 Å². The molecule has 0 aliphatic carbocycles. The van der Waals surface area contributed by atoms with Crippen molar-refractivity contribution in [3.05, 3.63) is 65.5 Å². The quantitative estimate of drug-likeness (QED) is 0.664. The smallest absolute Gasteiger partial charge is 0.367 e. The normalized spacial score (nSPS) is 11.4. The predicted octanol–water partition coefficient (Wildman–Crippen LogP) is 4.11. The van der Waals surface area contributed by atoms with E-state index in [1.54, 1.807) is 37.3 Å². The van der Waals surface area contributed by atoms with Crippen molar-refractivity contribution in [2.45, 2.75) is 19.7 Å². The number of rotatable bonds is 6. The Morgan fingerprint density at radius 3 is 2.57 bits per heavy atom. The first-order valence-corrected chi connectivity index (χ1v) is 8.34. The lowest BCUT2D eigenvalue weighted by atomic mass is 10.1. The molecule has 146 valence electrons. The van der Waals surface area contributed by atoms with Gasteiger partial charge in [0, 0.05) is 16.8 Å². The minimum atomic E-state index is -4.36. The van der Waals surface area contributed by atoms with Crippen molar-refractivity contribution < 1.29 is 22.7 Å². The fourth-order valence-corrected chi connectivity index (χ4v) is 2.45. The molecule has 3 rings (SSSR count). The molecule has 2 N–H and O–H groups in total. The van der Waals surface area contributed by atoms with E-state index in [1.165, 1.54) is 12.1 Å². The molecule has 1 amide bonds. The Labute approximate surface area is 158 Å². The van der Waals surface area contributed by atoms with Crippen LogP contribution in [0.4, 0.5) is 18.9 Å². The predicted molar refractivity (Wildman–Crippen MR) is 96.7 cm³/mol. The zero-order valence-corrected chi connectivity index (χ0v) is 14.9. The SMILES string of the molecule is Cc1nc(-c2cccc(NC(=O)c3ccc(COCC(F)(F)F)cc3)c2)n[nH]1. The molecule has 0 radical (unpaired) electrons. The zero-order chi connectivity index (χ0) is 20.1. The highest BCUT2D eigenvalue weighted by Gasteiger charge is 2.27. The van der Waals surface area contributed by atoms with Crippen molar-refractivity contribution in [2.75, 3.05) is 11.9 Å². The third-order valence-electron chi connectivity index (χ3n) is 3.73. The Kier molecular flexibility index (Phi) is 5.74. The highest BCUT2D eigenvalue weighted by Crippen LogP contribution is 2.20. The van der Waals surface area contributed by atoms with E-state index in [0.717, 1.165) is 5.56 Å². The summed E-state index contributed by atoms with van der Waals surface area (Å²) in [6, 6.07) is 13.3. The van der Waals surface area contributed by atoms with E-state index in [2.05, 4.69) is 25.2 Å². The van der Waals surface area contributed by atoms with Crippen molar-refractivity contribution >= 4 is 11.6 Å². The third-order valence-corrected chi connectivity index (χ3v) is 3.73. The maximum Gasteiger partial charge on any atom is 0.411 e. The second-order valence-electron chi connectivity index (χ2n) is 6.08. The van der Waals surface area contributed by atoms with Gasteiger partial charge in [0.2, 0.25) is 0 Å². The van der Waals surface area contributed by atoms with Gasteiger partial charge < -0.3 is 10.1 Å². The number of carbonyl (C=O) groups is 1. The molecule has 6 nitrogen and oxygen atoms in total. The van der Waals surface area contributed by atoms with E-state index < -0.39 is 12.8 Å². The summed E-state index contributed by atoms with van der Waals surface area (Å²) in [6.45, 7) is 0.301. The summed E-state index contributed by atoms with van der Waals surface area (Å²) in [6.07, 6.45) is -4.36. The number of halogens is 3. The lowest BCUT2D eigenvalue weighted by Crippen LogP contribution is -2.16. The molecule has 28 heavy (non-hydrogen) atoms. The highest BCUT2D eigenvalue weighted by atomic mass is 19.4. The van der Waals surface area contributed by atoms with Crippen LogP contribution < -0.4 is 5.32 Å². The number of ether oxygens (including phenoxy) is 1. The number of nitrogens with zero attached hydrogens (tertiary/aromatic N) is 2. The topological polar surface area (TPSA) is 79.9 Å². The largest absolute Gasteiger partial charge is 0.411 e. The molecule has 0 bridgehead atoms. The number of aromatic amines is 1. The summed E-state index contributed by atoms with van der Waals surface area (Å²) in [5.41, 5.74) is 2.24. The van der Waals surface area contributed by atoms with Crippen molar-refractivity contribution in [3.8, 4) is 11.4 Å². The van der Waals surface area contributed by atoms with Gasteiger partial charge in [-0.1, -0.05) is 24.3 Å². The third kappa shape index (κ3) is 5.40. The second-order valence-corrected chi connectivity index (χ2v) is 6.08. The Bertz CT molecular complexity index is 952. The van der Waals surface area contributed by atoms with E-state index in [-0.39, 0.29) is 12.5 Å². The summed E-state index contributed by atoms with van der Waals surface area (Å²) in [7, 11) is 0. The first-order chi connectivity index (χ1) is 13.3. The number of carbonyl (C=O) groups excluding carboxylic acids is 1. The van der Waals surface area contributed by atoms with Gasteiger partial charge in [-0.15, -0.1) is 0 Å². The maximum absolute atomic E-state index is 12.4. The molecule has 2 aromatic carbocycles. The number of aryl methyl sites for hydroxylation is 1. The van der Waals surface area contributed by atoms with Crippen LogP contribution in [0.5, 0.6) is 0 Å². The molecular formula is C19H17F3N4O2. The molecule has 9 heteroatoms. The van der Waals surface area contributed by atoms with Gasteiger partial charge in [-0.05, 0) is 36.8 Å². The molecule has 1 heterocycles. The van der Waals surface area contributed by atoms with Crippen LogP contribution in [-0.4, -0.2) is 33.9 Å². The molecular weight excluding hydrogens is 373 g/mol. The van der Waals surface area contributed by atoms with E-state index in [1.807, 2.05) is 6.07 Å². The summed E-state index contributed by atoms with van der Waals surface area (Å²) < 4.78 is 40.9. The fourth-order valence-electron chi connectivity index (χ4n) is 2.45. The minimum Gasteiger partial charge on any atom is -0.367 e. The Hall–Kier alpha value is -3.20. The van der Waals surface area contributed by atoms with Gasteiger partial charge in [0.15, 0.2) is 5.82 Å². The van der Waals surface area contributed by atoms with Gasteiger partial charge in [-0.2, -0.15) is 18.3 Å². The van der Waals surface area contributed by atoms with Crippen molar-refractivity contribution in [1.82, 2.24) is 15.2 Å². The van der Waals surface area contributed by atoms with Gasteiger partial charge >= 0.3 is 6.18 Å². The number of nitrogens with one attached hydrogen (secondary N) is 2. The zero-order valence-electron chi connectivity index (χ0n) is 14.9. The maximum atomic E-state index is 12.4. The standard InChI is InChI=1S/C19H17F3N4O2/c1-12-23-17(26-25-12)15-3-2-4-16(9-15)24-18(27)14-7-5-13(6-8-14)10-28-11-19(20,21)22/h2-9H,10-11H2,1H3,(H,24,27)(H,23,25,26). The summed E-state index contributed by atoms with van der Waals surface area (Å²) in [5, 5.41) is 9.62. The van der Waals surface area contributed by atoms with Gasteiger partial charge in [0.25, 0.3) is 5.91 Å². The van der Waals surface area contributed by atoms with Crippen molar-refractivity contribution in [2.24, 2.45) is 0 Å². The van der Waals surface area contributed by atoms with E-state index in [0.29, 0.717) is 28.5 Å². The van der Waals surface area contributed by atoms with E-state index in [9.17, 15) is 18.0 Å². The molecule has 0 saturated carbocycles. The van der Waals surface area contributed by atoms with E-state index >= 15 is 0 Å². The van der Waals surface area contributed by atoms with Crippen LogP contribution >= 0.6 is 0 Å². The minimum absolute atomic E-state index is 0.181. The molecule has 0 spiro atoms. The van der Waals surface area contributed by atoms with Crippen LogP contribution in [-0.2, 0) is 11.3 Å². The lowest BCUT2D eigenvalue weighted by Gasteiger charge is -2.09. The number of amides is 1. The average Bonchev–Trinajstić information content (AvgIpc) is 3.08. The number of aromatic nitrogens is 3. The fraction of sp³-hybridized carbons (Fsp3) is 0.211. The number of anilines is 1. The molecule has 0 unspecified atom stereocenters. The highest BCUT2D eigenvalue weighted by molar-refractivity contribution is 6.04. The van der Waals surface area contributed by atoms with E-state index in [4.69, 9.17) is 0 Å².